The lowest BCUT2D eigenvalue weighted by Crippen LogP contribution is -2.51. The minimum atomic E-state index is -1.28. The van der Waals surface area contributed by atoms with Crippen molar-refractivity contribution in [2.45, 2.75) is 32.2 Å². The van der Waals surface area contributed by atoms with Crippen LogP contribution in [0.15, 0.2) is 0 Å². The van der Waals surface area contributed by atoms with Gasteiger partial charge in [-0.1, -0.05) is 13.3 Å². The lowest BCUT2D eigenvalue weighted by molar-refractivity contribution is -0.129. The van der Waals surface area contributed by atoms with E-state index in [2.05, 4.69) is 16.0 Å². The predicted molar refractivity (Wildman–Crippen MR) is 82.2 cm³/mol. The van der Waals surface area contributed by atoms with Gasteiger partial charge in [-0.15, -0.1) is 0 Å². The summed E-state index contributed by atoms with van der Waals surface area (Å²) in [6.07, 6.45) is 0.138. The molecule has 0 saturated carbocycles. The van der Waals surface area contributed by atoms with Crippen LogP contribution >= 0.6 is 0 Å². The molecule has 0 rings (SSSR count). The molecule has 11 heteroatoms. The molecule has 0 aromatic rings. The van der Waals surface area contributed by atoms with Gasteiger partial charge in [0.05, 0.1) is 26.1 Å². The van der Waals surface area contributed by atoms with Crippen molar-refractivity contribution in [2.75, 3.05) is 19.7 Å². The van der Waals surface area contributed by atoms with Crippen molar-refractivity contribution < 1.29 is 28.7 Å². The molecule has 0 aromatic carbocycles. The summed E-state index contributed by atoms with van der Waals surface area (Å²) in [5, 5.41) is 6.56. The van der Waals surface area contributed by atoms with Gasteiger partial charge < -0.3 is 32.2 Å². The van der Waals surface area contributed by atoms with Crippen LogP contribution in [0, 0.1) is 0 Å². The quantitative estimate of drug-likeness (QED) is 0.257. The third-order valence-corrected chi connectivity index (χ3v) is 2.63. The van der Waals surface area contributed by atoms with Crippen LogP contribution in [0.2, 0.25) is 0 Å². The average molecular weight is 345 g/mol. The monoisotopic (exact) mass is 345 g/mol. The number of amides is 5. The lowest BCUT2D eigenvalue weighted by atomic mass is 10.2. The van der Waals surface area contributed by atoms with Crippen molar-refractivity contribution in [3.8, 4) is 0 Å². The lowest BCUT2D eigenvalue weighted by Gasteiger charge is -2.17. The van der Waals surface area contributed by atoms with E-state index in [0.29, 0.717) is 6.42 Å². The first kappa shape index (κ1) is 21.1. The fraction of sp³-hybridized carbons (Fsp3) is 0.615. The summed E-state index contributed by atoms with van der Waals surface area (Å²) in [6.45, 7) is 1.24. The van der Waals surface area contributed by atoms with Gasteiger partial charge in [-0.25, -0.2) is 4.79 Å². The zero-order chi connectivity index (χ0) is 18.5. The van der Waals surface area contributed by atoms with Crippen molar-refractivity contribution in [1.82, 2.24) is 16.0 Å². The van der Waals surface area contributed by atoms with Crippen molar-refractivity contribution in [3.63, 3.8) is 0 Å². The summed E-state index contributed by atoms with van der Waals surface area (Å²) in [7, 11) is 0. The van der Waals surface area contributed by atoms with Crippen LogP contribution in [0.25, 0.3) is 0 Å². The Morgan fingerprint density at radius 1 is 1.00 bits per heavy atom. The highest BCUT2D eigenvalue weighted by Crippen LogP contribution is 1.95. The molecule has 1 unspecified atom stereocenters. The molecule has 0 fully saturated rings. The van der Waals surface area contributed by atoms with Crippen LogP contribution in [-0.2, 0) is 23.9 Å². The minimum Gasteiger partial charge on any atom is -0.450 e. The summed E-state index contributed by atoms with van der Waals surface area (Å²) in [4.78, 5) is 56.3. The number of hydrogen-bond acceptors (Lipinski definition) is 6. The molecule has 11 nitrogen and oxygen atoms in total. The van der Waals surface area contributed by atoms with Crippen molar-refractivity contribution >= 4 is 29.7 Å². The van der Waals surface area contributed by atoms with Gasteiger partial charge in [0.25, 0.3) is 0 Å². The summed E-state index contributed by atoms with van der Waals surface area (Å²) in [5.74, 6) is -3.01. The van der Waals surface area contributed by atoms with E-state index in [4.69, 9.17) is 16.2 Å². The standard InChI is InChI=1S/C13H23N5O6/c1-2-3-4-24-13(23)18-8(5-9(14)19)12(22)17-7-11(21)16-6-10(15)20/h8H,2-7H2,1H3,(H2,14,19)(H2,15,20)(H,16,21)(H,17,22)(H,18,23). The highest BCUT2D eigenvalue weighted by Gasteiger charge is 2.23. The number of ether oxygens (including phenoxy) is 1. The Hall–Kier alpha value is -2.85. The third-order valence-electron chi connectivity index (χ3n) is 2.63. The Kier molecular flexibility index (Phi) is 10.3. The van der Waals surface area contributed by atoms with E-state index < -0.39 is 48.7 Å². The molecular formula is C13H23N5O6. The van der Waals surface area contributed by atoms with E-state index >= 15 is 0 Å². The second kappa shape index (κ2) is 11.7. The SMILES string of the molecule is CCCCOC(=O)NC(CC(N)=O)C(=O)NCC(=O)NCC(N)=O. The highest BCUT2D eigenvalue weighted by molar-refractivity contribution is 5.93. The van der Waals surface area contributed by atoms with Crippen molar-refractivity contribution in [1.29, 1.82) is 0 Å². The molecule has 0 bridgehead atoms. The number of rotatable bonds is 11. The fourth-order valence-corrected chi connectivity index (χ4v) is 1.44. The maximum absolute atomic E-state index is 11.9. The normalized spacial score (nSPS) is 11.0. The van der Waals surface area contributed by atoms with Crippen LogP contribution < -0.4 is 27.4 Å². The first-order chi connectivity index (χ1) is 11.3. The van der Waals surface area contributed by atoms with E-state index in [9.17, 15) is 24.0 Å². The number of alkyl carbamates (subject to hydrolysis) is 1. The molecule has 5 amide bonds. The number of unbranched alkanes of at least 4 members (excludes halogenated alkanes) is 1. The number of hydrogen-bond donors (Lipinski definition) is 5. The molecule has 24 heavy (non-hydrogen) atoms. The molecule has 7 N–H and O–H groups in total. The zero-order valence-electron chi connectivity index (χ0n) is 13.4. The smallest absolute Gasteiger partial charge is 0.407 e. The number of nitrogens with one attached hydrogen (secondary N) is 3. The Balaban J connectivity index is 4.43. The first-order valence-corrected chi connectivity index (χ1v) is 7.30. The first-order valence-electron chi connectivity index (χ1n) is 7.30. The van der Waals surface area contributed by atoms with Crippen LogP contribution in [0.3, 0.4) is 0 Å². The molecule has 0 heterocycles. The topological polar surface area (TPSA) is 183 Å². The average Bonchev–Trinajstić information content (AvgIpc) is 2.49. The van der Waals surface area contributed by atoms with Crippen LogP contribution in [0.1, 0.15) is 26.2 Å². The molecule has 0 aliphatic carbocycles. The van der Waals surface area contributed by atoms with Gasteiger partial charge in [-0.3, -0.25) is 19.2 Å². The van der Waals surface area contributed by atoms with Gasteiger partial charge in [-0.05, 0) is 6.42 Å². The predicted octanol–water partition coefficient (Wildman–Crippen LogP) is -2.53. The molecule has 0 radical (unpaired) electrons. The van der Waals surface area contributed by atoms with Crippen LogP contribution in [-0.4, -0.2) is 55.5 Å². The van der Waals surface area contributed by atoms with Gasteiger partial charge in [0.1, 0.15) is 6.04 Å². The molecule has 136 valence electrons. The Bertz CT molecular complexity index is 481. The Morgan fingerprint density at radius 2 is 1.67 bits per heavy atom. The maximum atomic E-state index is 11.9. The number of carbonyl (C=O) groups is 5. The van der Waals surface area contributed by atoms with E-state index in [0.717, 1.165) is 6.42 Å². The van der Waals surface area contributed by atoms with E-state index in [1.165, 1.54) is 0 Å². The van der Waals surface area contributed by atoms with E-state index in [-0.39, 0.29) is 13.2 Å². The third kappa shape index (κ3) is 10.8. The van der Waals surface area contributed by atoms with E-state index in [1.807, 2.05) is 6.92 Å². The molecule has 0 spiro atoms. The van der Waals surface area contributed by atoms with Gasteiger partial charge in [-0.2, -0.15) is 0 Å². The number of nitrogens with two attached hydrogens (primary N) is 2. The minimum absolute atomic E-state index is 0.169. The zero-order valence-corrected chi connectivity index (χ0v) is 13.4. The van der Waals surface area contributed by atoms with Gasteiger partial charge >= 0.3 is 6.09 Å². The number of primary amides is 2. The summed E-state index contributed by atoms with van der Waals surface area (Å²) in [5.41, 5.74) is 9.87. The summed E-state index contributed by atoms with van der Waals surface area (Å²) < 4.78 is 4.82. The molecule has 1 atom stereocenters. The maximum Gasteiger partial charge on any atom is 0.407 e. The van der Waals surface area contributed by atoms with E-state index in [1.54, 1.807) is 0 Å². The molecular weight excluding hydrogens is 322 g/mol. The fourth-order valence-electron chi connectivity index (χ4n) is 1.44. The van der Waals surface area contributed by atoms with Crippen molar-refractivity contribution in [2.24, 2.45) is 11.5 Å². The summed E-state index contributed by atoms with van der Waals surface area (Å²) in [6, 6.07) is -1.28. The van der Waals surface area contributed by atoms with Gasteiger partial charge in [0.15, 0.2) is 0 Å². The second-order valence-electron chi connectivity index (χ2n) is 4.82. The van der Waals surface area contributed by atoms with Crippen LogP contribution in [0.5, 0.6) is 0 Å². The largest absolute Gasteiger partial charge is 0.450 e. The van der Waals surface area contributed by atoms with Gasteiger partial charge in [0, 0.05) is 0 Å². The summed E-state index contributed by atoms with van der Waals surface area (Å²) >= 11 is 0. The van der Waals surface area contributed by atoms with Gasteiger partial charge in [0.2, 0.25) is 23.6 Å². The molecule has 0 aromatic heterocycles. The second-order valence-corrected chi connectivity index (χ2v) is 4.82. The number of carbonyl (C=O) groups excluding carboxylic acids is 5. The Labute approximate surface area is 138 Å². The van der Waals surface area contributed by atoms with Crippen molar-refractivity contribution in [3.05, 3.63) is 0 Å². The molecule has 0 saturated heterocycles. The highest BCUT2D eigenvalue weighted by atomic mass is 16.5. The molecule has 0 aliphatic rings. The van der Waals surface area contributed by atoms with Crippen LogP contribution in [0.4, 0.5) is 4.79 Å². The molecule has 0 aliphatic heterocycles. The Morgan fingerprint density at radius 3 is 2.21 bits per heavy atom.